The molecule has 2 aromatic rings. The molecule has 1 aromatic carbocycles. The Kier molecular flexibility index (Phi) is 6.01. The van der Waals surface area contributed by atoms with Gasteiger partial charge in [0.1, 0.15) is 0 Å². The van der Waals surface area contributed by atoms with E-state index in [1.54, 1.807) is 29.5 Å². The van der Waals surface area contributed by atoms with Gasteiger partial charge in [-0.3, -0.25) is 9.59 Å². The molecule has 2 amide bonds. The first kappa shape index (κ1) is 19.2. The van der Waals surface area contributed by atoms with Crippen molar-refractivity contribution in [1.29, 1.82) is 0 Å². The van der Waals surface area contributed by atoms with Crippen LogP contribution in [-0.2, 0) is 11.2 Å². The summed E-state index contributed by atoms with van der Waals surface area (Å²) >= 11 is 1.75. The van der Waals surface area contributed by atoms with Crippen LogP contribution in [0.15, 0.2) is 29.6 Å². The summed E-state index contributed by atoms with van der Waals surface area (Å²) in [5.41, 5.74) is 1.67. The van der Waals surface area contributed by atoms with Gasteiger partial charge in [-0.25, -0.2) is 0 Å². The van der Waals surface area contributed by atoms with Crippen molar-refractivity contribution in [2.24, 2.45) is 0 Å². The van der Waals surface area contributed by atoms with Crippen LogP contribution in [0.4, 0.5) is 0 Å². The molecule has 1 aliphatic rings. The molecular weight excluding hydrogens is 364 g/mol. The van der Waals surface area contributed by atoms with E-state index in [9.17, 15) is 9.59 Å². The smallest absolute Gasteiger partial charge is 0.251 e. The number of thiophene rings is 1. The van der Waals surface area contributed by atoms with Gasteiger partial charge >= 0.3 is 0 Å². The molecule has 7 heteroatoms. The number of benzene rings is 1. The summed E-state index contributed by atoms with van der Waals surface area (Å²) in [6.07, 6.45) is 1.73. The third-order valence-corrected chi connectivity index (χ3v) is 5.84. The summed E-state index contributed by atoms with van der Waals surface area (Å²) in [5, 5.41) is 4.81. The monoisotopic (exact) mass is 388 g/mol. The number of hydrogen-bond acceptors (Lipinski definition) is 5. The summed E-state index contributed by atoms with van der Waals surface area (Å²) in [6, 6.07) is 7.12. The molecule has 0 fully saturated rings. The fourth-order valence-electron chi connectivity index (χ4n) is 3.47. The van der Waals surface area contributed by atoms with Crippen LogP contribution >= 0.6 is 11.3 Å². The van der Waals surface area contributed by atoms with Crippen LogP contribution in [0.25, 0.3) is 0 Å². The highest BCUT2D eigenvalue weighted by Gasteiger charge is 2.30. The third kappa shape index (κ3) is 3.93. The molecule has 6 nitrogen and oxygen atoms in total. The normalized spacial score (nSPS) is 15.8. The number of amides is 2. The quantitative estimate of drug-likeness (QED) is 0.826. The molecule has 0 aliphatic carbocycles. The van der Waals surface area contributed by atoms with Crippen molar-refractivity contribution in [1.82, 2.24) is 10.2 Å². The Hall–Kier alpha value is -2.54. The lowest BCUT2D eigenvalue weighted by molar-refractivity contribution is -0.133. The zero-order chi connectivity index (χ0) is 19.4. The van der Waals surface area contributed by atoms with Crippen LogP contribution in [0.5, 0.6) is 11.5 Å². The highest BCUT2D eigenvalue weighted by Crippen LogP contribution is 2.35. The van der Waals surface area contributed by atoms with Gasteiger partial charge in [0.25, 0.3) is 5.91 Å². The molecular formula is C20H24N2O4S. The first-order valence-electron chi connectivity index (χ1n) is 8.95. The van der Waals surface area contributed by atoms with E-state index in [2.05, 4.69) is 23.7 Å². The van der Waals surface area contributed by atoms with E-state index in [4.69, 9.17) is 9.47 Å². The fourth-order valence-corrected chi connectivity index (χ4v) is 4.40. The third-order valence-electron chi connectivity index (χ3n) is 4.85. The lowest BCUT2D eigenvalue weighted by Gasteiger charge is -2.35. The highest BCUT2D eigenvalue weighted by atomic mass is 32.1. The van der Waals surface area contributed by atoms with Gasteiger partial charge in [0.2, 0.25) is 5.91 Å². The molecule has 3 rings (SSSR count). The first-order chi connectivity index (χ1) is 13.1. The van der Waals surface area contributed by atoms with E-state index in [0.29, 0.717) is 23.6 Å². The molecule has 1 N–H and O–H groups in total. The van der Waals surface area contributed by atoms with Crippen molar-refractivity contribution >= 4 is 23.2 Å². The second-order valence-electron chi connectivity index (χ2n) is 6.31. The van der Waals surface area contributed by atoms with Crippen molar-refractivity contribution in [3.8, 4) is 11.5 Å². The number of carbonyl (C=O) groups is 2. The van der Waals surface area contributed by atoms with Gasteiger partial charge in [-0.05, 0) is 48.1 Å². The Morgan fingerprint density at radius 2 is 2.00 bits per heavy atom. The van der Waals surface area contributed by atoms with Crippen molar-refractivity contribution < 1.29 is 19.1 Å². The van der Waals surface area contributed by atoms with Gasteiger partial charge in [-0.1, -0.05) is 6.92 Å². The van der Waals surface area contributed by atoms with E-state index in [1.165, 1.54) is 24.7 Å². The number of methoxy groups -OCH3 is 2. The zero-order valence-corrected chi connectivity index (χ0v) is 16.6. The maximum absolute atomic E-state index is 12.7. The SMILES string of the molecule is CC[C@@H]1c2ccsc2CCN1C(=O)CNC(=O)c1ccc(OC)c(OC)c1. The molecule has 0 bridgehead atoms. The van der Waals surface area contributed by atoms with Gasteiger partial charge in [0.05, 0.1) is 26.8 Å². The minimum Gasteiger partial charge on any atom is -0.493 e. The maximum atomic E-state index is 12.7. The molecule has 0 saturated carbocycles. The average Bonchev–Trinajstić information content (AvgIpc) is 3.19. The number of nitrogens with one attached hydrogen (secondary N) is 1. The van der Waals surface area contributed by atoms with Gasteiger partial charge < -0.3 is 19.7 Å². The molecule has 2 heterocycles. The summed E-state index contributed by atoms with van der Waals surface area (Å²) in [7, 11) is 3.06. The van der Waals surface area contributed by atoms with Crippen LogP contribution < -0.4 is 14.8 Å². The predicted molar refractivity (Wildman–Crippen MR) is 105 cm³/mol. The molecule has 1 aromatic heterocycles. The van der Waals surface area contributed by atoms with Crippen molar-refractivity contribution in [2.75, 3.05) is 27.3 Å². The van der Waals surface area contributed by atoms with Gasteiger partial charge in [0.15, 0.2) is 11.5 Å². The van der Waals surface area contributed by atoms with Gasteiger partial charge in [0, 0.05) is 17.0 Å². The number of nitrogens with zero attached hydrogens (tertiary/aromatic N) is 1. The molecule has 0 saturated heterocycles. The van der Waals surface area contributed by atoms with E-state index in [1.807, 2.05) is 4.90 Å². The Labute approximate surface area is 163 Å². The zero-order valence-electron chi connectivity index (χ0n) is 15.8. The molecule has 0 unspecified atom stereocenters. The van der Waals surface area contributed by atoms with Crippen LogP contribution in [-0.4, -0.2) is 44.0 Å². The topological polar surface area (TPSA) is 67.9 Å². The second-order valence-corrected chi connectivity index (χ2v) is 7.31. The lowest BCUT2D eigenvalue weighted by atomic mass is 9.98. The van der Waals surface area contributed by atoms with E-state index >= 15 is 0 Å². The number of fused-ring (bicyclic) bond motifs is 1. The standard InChI is InChI=1S/C20H24N2O4S/c1-4-15-14-8-10-27-18(14)7-9-22(15)19(23)12-21-20(24)13-5-6-16(25-2)17(11-13)26-3/h5-6,8,10-11,15H,4,7,9,12H2,1-3H3,(H,21,24)/t15-/m1/s1. The molecule has 144 valence electrons. The summed E-state index contributed by atoms with van der Waals surface area (Å²) in [4.78, 5) is 28.4. The summed E-state index contributed by atoms with van der Waals surface area (Å²) in [6.45, 7) is 2.75. The van der Waals surface area contributed by atoms with Gasteiger partial charge in [-0.2, -0.15) is 0 Å². The van der Waals surface area contributed by atoms with E-state index in [-0.39, 0.29) is 24.4 Å². The Bertz CT molecular complexity index is 833. The first-order valence-corrected chi connectivity index (χ1v) is 9.83. The number of rotatable bonds is 6. The number of hydrogen-bond donors (Lipinski definition) is 1. The second kappa shape index (κ2) is 8.43. The average molecular weight is 388 g/mol. The van der Waals surface area contributed by atoms with E-state index < -0.39 is 0 Å². The highest BCUT2D eigenvalue weighted by molar-refractivity contribution is 7.10. The molecule has 1 atom stereocenters. The fraction of sp³-hybridized carbons (Fsp3) is 0.400. The predicted octanol–water partition coefficient (Wildman–Crippen LogP) is 3.03. The van der Waals surface area contributed by atoms with Crippen LogP contribution in [0.3, 0.4) is 0 Å². The molecule has 27 heavy (non-hydrogen) atoms. The Balaban J connectivity index is 1.64. The van der Waals surface area contributed by atoms with Crippen molar-refractivity contribution in [2.45, 2.75) is 25.8 Å². The largest absolute Gasteiger partial charge is 0.493 e. The maximum Gasteiger partial charge on any atom is 0.251 e. The van der Waals surface area contributed by atoms with E-state index in [0.717, 1.165) is 12.8 Å². The Morgan fingerprint density at radius 3 is 2.70 bits per heavy atom. The van der Waals surface area contributed by atoms with Gasteiger partial charge in [-0.15, -0.1) is 11.3 Å². The van der Waals surface area contributed by atoms with Crippen LogP contribution in [0.1, 0.15) is 40.2 Å². The Morgan fingerprint density at radius 1 is 1.22 bits per heavy atom. The van der Waals surface area contributed by atoms with Crippen LogP contribution in [0, 0.1) is 0 Å². The molecule has 1 aliphatic heterocycles. The minimum absolute atomic E-state index is 0.0247. The summed E-state index contributed by atoms with van der Waals surface area (Å²) < 4.78 is 10.4. The van der Waals surface area contributed by atoms with Crippen LogP contribution in [0.2, 0.25) is 0 Å². The van der Waals surface area contributed by atoms with Crippen molar-refractivity contribution in [3.63, 3.8) is 0 Å². The minimum atomic E-state index is -0.314. The molecule has 0 spiro atoms. The number of carbonyl (C=O) groups excluding carboxylic acids is 2. The number of ether oxygens (including phenoxy) is 2. The lowest BCUT2D eigenvalue weighted by Crippen LogP contribution is -2.44. The molecule has 0 radical (unpaired) electrons. The van der Waals surface area contributed by atoms with Crippen molar-refractivity contribution in [3.05, 3.63) is 45.6 Å². The summed E-state index contributed by atoms with van der Waals surface area (Å²) in [5.74, 6) is 0.650.